The highest BCUT2D eigenvalue weighted by molar-refractivity contribution is 7.13. The normalized spacial score (nSPS) is 10.1. The molecule has 1 heterocycles. The van der Waals surface area contributed by atoms with Crippen LogP contribution < -0.4 is 16.0 Å². The van der Waals surface area contributed by atoms with Crippen LogP contribution >= 0.6 is 11.5 Å². The Hall–Kier alpha value is -1.73. The summed E-state index contributed by atoms with van der Waals surface area (Å²) in [5.41, 5.74) is 2.56. The average molecular weight is 210 g/mol. The number of carbonyl (C=O) groups excluding carboxylic acids is 1. The molecular weight excluding hydrogens is 204 g/mol. The summed E-state index contributed by atoms with van der Waals surface area (Å²) in [5, 5.41) is 3.84. The fraction of sp³-hybridized carbons (Fsp3) is 0. The first-order chi connectivity index (χ1) is 6.81. The first kappa shape index (κ1) is 8.85. The van der Waals surface area contributed by atoms with Gasteiger partial charge in [-0.25, -0.2) is 10.6 Å². The van der Waals surface area contributed by atoms with Crippen LogP contribution in [0.1, 0.15) is 0 Å². The summed E-state index contributed by atoms with van der Waals surface area (Å²) in [6.45, 7) is 0. The number of hydrogen-bond acceptors (Lipinski definition) is 6. The van der Waals surface area contributed by atoms with Gasteiger partial charge in [0.05, 0.1) is 0 Å². The minimum absolute atomic E-state index is 0.403. The van der Waals surface area contributed by atoms with Gasteiger partial charge in [-0.3, -0.25) is 5.43 Å². The lowest BCUT2D eigenvalue weighted by Crippen LogP contribution is -2.32. The molecule has 7 heteroatoms. The van der Waals surface area contributed by atoms with E-state index in [2.05, 4.69) is 9.59 Å². The van der Waals surface area contributed by atoms with Crippen molar-refractivity contribution < 1.29 is 9.53 Å². The minimum atomic E-state index is -0.717. The van der Waals surface area contributed by atoms with E-state index in [1.807, 2.05) is 5.43 Å². The molecule has 0 radical (unpaired) electrons. The van der Waals surface area contributed by atoms with Crippen molar-refractivity contribution in [3.8, 4) is 5.75 Å². The molecule has 72 valence electrons. The molecule has 0 aliphatic rings. The molecule has 0 saturated carbocycles. The maximum Gasteiger partial charge on any atom is 0.426 e. The van der Waals surface area contributed by atoms with Crippen molar-refractivity contribution in [1.29, 1.82) is 0 Å². The van der Waals surface area contributed by atoms with Crippen molar-refractivity contribution in [1.82, 2.24) is 15.0 Å². The van der Waals surface area contributed by atoms with Crippen LogP contribution in [0.4, 0.5) is 4.79 Å². The Kier molecular flexibility index (Phi) is 2.25. The van der Waals surface area contributed by atoms with Gasteiger partial charge in [0.15, 0.2) is 5.75 Å². The second kappa shape index (κ2) is 3.56. The lowest BCUT2D eigenvalue weighted by atomic mass is 10.3. The van der Waals surface area contributed by atoms with E-state index in [0.717, 1.165) is 16.2 Å². The molecule has 2 rings (SSSR count). The smallest absolute Gasteiger partial charge is 0.408 e. The van der Waals surface area contributed by atoms with Crippen molar-refractivity contribution >= 4 is 27.8 Å². The number of ether oxygens (including phenoxy) is 1. The average Bonchev–Trinajstić information content (AvgIpc) is 2.66. The molecule has 1 aromatic heterocycles. The predicted molar refractivity (Wildman–Crippen MR) is 50.8 cm³/mol. The lowest BCUT2D eigenvalue weighted by Gasteiger charge is -2.02. The number of carbonyl (C=O) groups is 1. The molecule has 0 aliphatic heterocycles. The first-order valence-electron chi connectivity index (χ1n) is 3.71. The van der Waals surface area contributed by atoms with Crippen molar-refractivity contribution in [2.24, 2.45) is 5.84 Å². The van der Waals surface area contributed by atoms with Gasteiger partial charge in [0.2, 0.25) is 0 Å². The zero-order valence-corrected chi connectivity index (χ0v) is 7.75. The summed E-state index contributed by atoms with van der Waals surface area (Å²) < 4.78 is 9.35. The summed E-state index contributed by atoms with van der Waals surface area (Å²) in [5.74, 6) is 5.29. The fourth-order valence-corrected chi connectivity index (χ4v) is 1.60. The standard InChI is InChI=1S/C7H6N4O2S/c8-9-7(12)13-5-3-1-2-4-6(5)14-11-10-4/h1-3H,8H2,(H,9,12). The quantitative estimate of drug-likeness (QED) is 0.410. The summed E-state index contributed by atoms with van der Waals surface area (Å²) in [4.78, 5) is 10.9. The van der Waals surface area contributed by atoms with Crippen molar-refractivity contribution in [2.45, 2.75) is 0 Å². The van der Waals surface area contributed by atoms with Crippen LogP contribution in [-0.2, 0) is 0 Å². The predicted octanol–water partition coefficient (Wildman–Crippen LogP) is 0.653. The van der Waals surface area contributed by atoms with Gasteiger partial charge in [-0.05, 0) is 23.7 Å². The van der Waals surface area contributed by atoms with E-state index >= 15 is 0 Å². The van der Waals surface area contributed by atoms with E-state index in [-0.39, 0.29) is 0 Å². The highest BCUT2D eigenvalue weighted by Gasteiger charge is 2.08. The number of fused-ring (bicyclic) bond motifs is 1. The summed E-state index contributed by atoms with van der Waals surface area (Å²) >= 11 is 1.16. The molecule has 3 N–H and O–H groups in total. The van der Waals surface area contributed by atoms with Crippen molar-refractivity contribution in [2.75, 3.05) is 0 Å². The maximum absolute atomic E-state index is 10.9. The number of benzene rings is 1. The van der Waals surface area contributed by atoms with Gasteiger partial charge >= 0.3 is 6.09 Å². The summed E-state index contributed by atoms with van der Waals surface area (Å²) in [6, 6.07) is 5.16. The van der Waals surface area contributed by atoms with Gasteiger partial charge in [-0.2, -0.15) is 0 Å². The van der Waals surface area contributed by atoms with E-state index in [1.165, 1.54) is 0 Å². The molecule has 0 saturated heterocycles. The van der Waals surface area contributed by atoms with Gasteiger partial charge in [0, 0.05) is 0 Å². The molecule has 1 aromatic carbocycles. The first-order valence-corrected chi connectivity index (χ1v) is 4.48. The van der Waals surface area contributed by atoms with Crippen LogP contribution in [0, 0.1) is 0 Å². The van der Waals surface area contributed by atoms with E-state index in [9.17, 15) is 4.79 Å². The minimum Gasteiger partial charge on any atom is -0.408 e. The number of hydrogen-bond donors (Lipinski definition) is 2. The molecule has 0 atom stereocenters. The van der Waals surface area contributed by atoms with E-state index in [1.54, 1.807) is 18.2 Å². The second-order valence-corrected chi connectivity index (χ2v) is 3.17. The third-order valence-electron chi connectivity index (χ3n) is 1.56. The Morgan fingerprint density at radius 3 is 3.21 bits per heavy atom. The van der Waals surface area contributed by atoms with E-state index in [0.29, 0.717) is 11.3 Å². The number of nitrogens with zero attached hydrogens (tertiary/aromatic N) is 2. The van der Waals surface area contributed by atoms with Crippen LogP contribution in [0.25, 0.3) is 10.2 Å². The van der Waals surface area contributed by atoms with Crippen LogP contribution in [0.2, 0.25) is 0 Å². The topological polar surface area (TPSA) is 90.1 Å². The Morgan fingerprint density at radius 2 is 2.43 bits per heavy atom. The zero-order valence-electron chi connectivity index (χ0n) is 6.93. The highest BCUT2D eigenvalue weighted by atomic mass is 32.1. The molecule has 14 heavy (non-hydrogen) atoms. The highest BCUT2D eigenvalue weighted by Crippen LogP contribution is 2.26. The van der Waals surface area contributed by atoms with Crippen LogP contribution in [0.5, 0.6) is 5.75 Å². The van der Waals surface area contributed by atoms with Crippen molar-refractivity contribution in [3.05, 3.63) is 18.2 Å². The number of nitrogens with two attached hydrogens (primary N) is 1. The SMILES string of the molecule is NNC(=O)Oc1cccc2nnsc12. The largest absolute Gasteiger partial charge is 0.426 e. The molecule has 0 bridgehead atoms. The van der Waals surface area contributed by atoms with Crippen LogP contribution in [0.15, 0.2) is 18.2 Å². The summed E-state index contributed by atoms with van der Waals surface area (Å²) in [6.07, 6.45) is -0.717. The third kappa shape index (κ3) is 1.50. The Morgan fingerprint density at radius 1 is 1.57 bits per heavy atom. The molecule has 0 unspecified atom stereocenters. The molecule has 1 amide bonds. The van der Waals surface area contributed by atoms with Crippen molar-refractivity contribution in [3.63, 3.8) is 0 Å². The zero-order chi connectivity index (χ0) is 9.97. The van der Waals surface area contributed by atoms with Crippen LogP contribution in [0.3, 0.4) is 0 Å². The number of aromatic nitrogens is 2. The van der Waals surface area contributed by atoms with E-state index in [4.69, 9.17) is 10.6 Å². The monoisotopic (exact) mass is 210 g/mol. The lowest BCUT2D eigenvalue weighted by molar-refractivity contribution is 0.201. The number of rotatable bonds is 1. The molecule has 0 spiro atoms. The van der Waals surface area contributed by atoms with Gasteiger partial charge in [-0.1, -0.05) is 10.6 Å². The van der Waals surface area contributed by atoms with E-state index < -0.39 is 6.09 Å². The molecule has 2 aromatic rings. The second-order valence-electron chi connectivity index (χ2n) is 2.41. The van der Waals surface area contributed by atoms with Crippen LogP contribution in [-0.4, -0.2) is 15.7 Å². The molecule has 0 aliphatic carbocycles. The molecule has 0 fully saturated rings. The van der Waals surface area contributed by atoms with Gasteiger partial charge in [0.25, 0.3) is 0 Å². The Bertz CT molecular complexity index is 469. The Labute approximate surface area is 82.8 Å². The van der Waals surface area contributed by atoms with Gasteiger partial charge in [0.1, 0.15) is 10.2 Å². The molecular formula is C7H6N4O2S. The third-order valence-corrected chi connectivity index (χ3v) is 2.32. The maximum atomic E-state index is 10.9. The van der Waals surface area contributed by atoms with Gasteiger partial charge in [-0.15, -0.1) is 5.10 Å². The number of hydrazine groups is 1. The fourth-order valence-electron chi connectivity index (χ4n) is 0.990. The Balaban J connectivity index is 2.41. The van der Waals surface area contributed by atoms with Gasteiger partial charge < -0.3 is 4.74 Å². The summed E-state index contributed by atoms with van der Waals surface area (Å²) in [7, 11) is 0. The number of amides is 1. The number of nitrogens with one attached hydrogen (secondary N) is 1. The molecule has 6 nitrogen and oxygen atoms in total.